The van der Waals surface area contributed by atoms with Gasteiger partial charge < -0.3 is 10.2 Å². The molecule has 3 aromatic heterocycles. The van der Waals surface area contributed by atoms with Gasteiger partial charge in [-0.3, -0.25) is 0 Å². The monoisotopic (exact) mass is 323 g/mol. The number of nitrogens with zero attached hydrogens (tertiary/aromatic N) is 6. The van der Waals surface area contributed by atoms with E-state index in [1.807, 2.05) is 28.9 Å². The largest absolute Gasteiger partial charge is 0.370 e. The summed E-state index contributed by atoms with van der Waals surface area (Å²) in [7, 11) is 0. The Labute approximate surface area is 140 Å². The van der Waals surface area contributed by atoms with E-state index in [-0.39, 0.29) is 0 Å². The lowest BCUT2D eigenvalue weighted by molar-refractivity contribution is 0.620. The predicted octanol–water partition coefficient (Wildman–Crippen LogP) is 2.02. The highest BCUT2D eigenvalue weighted by Crippen LogP contribution is 2.24. The van der Waals surface area contributed by atoms with Crippen molar-refractivity contribution in [3.63, 3.8) is 0 Å². The van der Waals surface area contributed by atoms with E-state index < -0.39 is 0 Å². The van der Waals surface area contributed by atoms with Crippen molar-refractivity contribution in [1.29, 1.82) is 0 Å². The second kappa shape index (κ2) is 6.43. The van der Waals surface area contributed by atoms with Gasteiger partial charge in [-0.25, -0.2) is 9.97 Å². The summed E-state index contributed by atoms with van der Waals surface area (Å²) in [4.78, 5) is 15.5. The minimum Gasteiger partial charge on any atom is -0.370 e. The Balaban J connectivity index is 1.47. The molecule has 4 heterocycles. The third-order valence-electron chi connectivity index (χ3n) is 4.49. The van der Waals surface area contributed by atoms with Crippen LogP contribution >= 0.6 is 0 Å². The molecule has 4 rings (SSSR count). The van der Waals surface area contributed by atoms with Crippen molar-refractivity contribution in [2.45, 2.75) is 19.8 Å². The van der Waals surface area contributed by atoms with Crippen molar-refractivity contribution in [3.8, 4) is 0 Å². The van der Waals surface area contributed by atoms with Gasteiger partial charge in [0.1, 0.15) is 18.0 Å². The number of aryl methyl sites for hydroxylation is 1. The van der Waals surface area contributed by atoms with Gasteiger partial charge in [0.05, 0.1) is 0 Å². The first-order valence-corrected chi connectivity index (χ1v) is 8.43. The quantitative estimate of drug-likeness (QED) is 0.774. The van der Waals surface area contributed by atoms with Gasteiger partial charge in [-0.2, -0.15) is 14.6 Å². The van der Waals surface area contributed by atoms with Crippen LogP contribution in [0.25, 0.3) is 5.78 Å². The number of nitrogens with one attached hydrogen (secondary N) is 1. The molecule has 7 nitrogen and oxygen atoms in total. The maximum atomic E-state index is 4.52. The number of pyridine rings is 1. The summed E-state index contributed by atoms with van der Waals surface area (Å²) in [6.07, 6.45) is 5.43. The van der Waals surface area contributed by atoms with Crippen LogP contribution in [0, 0.1) is 5.92 Å². The van der Waals surface area contributed by atoms with Crippen LogP contribution in [0.5, 0.6) is 0 Å². The molecule has 24 heavy (non-hydrogen) atoms. The van der Waals surface area contributed by atoms with E-state index in [2.05, 4.69) is 43.3 Å². The molecule has 0 amide bonds. The Morgan fingerprint density at radius 2 is 2.25 bits per heavy atom. The lowest BCUT2D eigenvalue weighted by Crippen LogP contribution is -2.25. The first-order chi connectivity index (χ1) is 11.8. The van der Waals surface area contributed by atoms with Gasteiger partial charge in [-0.15, -0.1) is 0 Å². The molecule has 0 aliphatic carbocycles. The third kappa shape index (κ3) is 2.89. The molecule has 1 fully saturated rings. The second-order valence-electron chi connectivity index (χ2n) is 6.13. The van der Waals surface area contributed by atoms with E-state index in [0.717, 1.165) is 49.8 Å². The summed E-state index contributed by atoms with van der Waals surface area (Å²) in [6.45, 7) is 5.07. The fourth-order valence-electron chi connectivity index (χ4n) is 3.17. The summed E-state index contributed by atoms with van der Waals surface area (Å²) in [5, 5.41) is 7.76. The number of anilines is 2. The summed E-state index contributed by atoms with van der Waals surface area (Å²) >= 11 is 0. The number of fused-ring (bicyclic) bond motifs is 1. The Hall–Kier alpha value is -2.70. The Bertz CT molecular complexity index is 814. The van der Waals surface area contributed by atoms with Crippen LogP contribution < -0.4 is 10.2 Å². The minimum absolute atomic E-state index is 0.587. The van der Waals surface area contributed by atoms with E-state index in [0.29, 0.717) is 11.7 Å². The molecule has 0 bridgehead atoms. The number of rotatable bonds is 5. The normalized spacial score (nSPS) is 17.5. The molecule has 1 N–H and O–H groups in total. The minimum atomic E-state index is 0.587. The van der Waals surface area contributed by atoms with Crippen molar-refractivity contribution in [2.75, 3.05) is 29.9 Å². The molecule has 1 aliphatic rings. The van der Waals surface area contributed by atoms with E-state index >= 15 is 0 Å². The van der Waals surface area contributed by atoms with Gasteiger partial charge in [0, 0.05) is 37.6 Å². The van der Waals surface area contributed by atoms with Crippen LogP contribution in [0.1, 0.15) is 19.0 Å². The van der Waals surface area contributed by atoms with Crippen LogP contribution in [0.15, 0.2) is 36.8 Å². The van der Waals surface area contributed by atoms with Crippen molar-refractivity contribution in [2.24, 2.45) is 5.92 Å². The van der Waals surface area contributed by atoms with Crippen molar-refractivity contribution in [3.05, 3.63) is 42.5 Å². The molecule has 0 aromatic carbocycles. The van der Waals surface area contributed by atoms with Gasteiger partial charge in [0.25, 0.3) is 5.78 Å². The highest BCUT2D eigenvalue weighted by molar-refractivity contribution is 5.48. The lowest BCUT2D eigenvalue weighted by Gasteiger charge is -2.20. The molecular formula is C17H21N7. The zero-order chi connectivity index (χ0) is 16.4. The number of hydrogen-bond acceptors (Lipinski definition) is 6. The topological polar surface area (TPSA) is 71.2 Å². The number of aromatic nitrogens is 5. The van der Waals surface area contributed by atoms with Crippen LogP contribution in [-0.4, -0.2) is 44.2 Å². The molecule has 7 heteroatoms. The first-order valence-electron chi connectivity index (χ1n) is 8.43. The molecule has 0 spiro atoms. The van der Waals surface area contributed by atoms with E-state index in [1.165, 1.54) is 0 Å². The van der Waals surface area contributed by atoms with Crippen LogP contribution in [0.3, 0.4) is 0 Å². The van der Waals surface area contributed by atoms with Gasteiger partial charge in [-0.1, -0.05) is 13.0 Å². The van der Waals surface area contributed by atoms with Crippen molar-refractivity contribution in [1.82, 2.24) is 24.6 Å². The van der Waals surface area contributed by atoms with Crippen LogP contribution in [0.2, 0.25) is 0 Å². The maximum absolute atomic E-state index is 4.52. The molecule has 0 saturated carbocycles. The highest BCUT2D eigenvalue weighted by Gasteiger charge is 2.25. The fraction of sp³-hybridized carbons (Fsp3) is 0.412. The maximum Gasteiger partial charge on any atom is 0.254 e. The summed E-state index contributed by atoms with van der Waals surface area (Å²) in [5.41, 5.74) is 1.06. The Kier molecular flexibility index (Phi) is 3.98. The molecule has 1 aliphatic heterocycles. The summed E-state index contributed by atoms with van der Waals surface area (Å²) < 4.78 is 1.84. The Morgan fingerprint density at radius 3 is 3.08 bits per heavy atom. The zero-order valence-corrected chi connectivity index (χ0v) is 13.8. The van der Waals surface area contributed by atoms with Crippen LogP contribution in [-0.2, 0) is 6.42 Å². The zero-order valence-electron chi connectivity index (χ0n) is 13.8. The highest BCUT2D eigenvalue weighted by atomic mass is 15.4. The second-order valence-corrected chi connectivity index (χ2v) is 6.13. The molecule has 3 aromatic rings. The van der Waals surface area contributed by atoms with Crippen molar-refractivity contribution < 1.29 is 0 Å². The van der Waals surface area contributed by atoms with E-state index in [1.54, 1.807) is 6.33 Å². The van der Waals surface area contributed by atoms with Gasteiger partial charge in [-0.05, 0) is 30.9 Å². The van der Waals surface area contributed by atoms with Gasteiger partial charge >= 0.3 is 0 Å². The van der Waals surface area contributed by atoms with Crippen molar-refractivity contribution >= 4 is 17.4 Å². The fourth-order valence-corrected chi connectivity index (χ4v) is 3.17. The lowest BCUT2D eigenvalue weighted by atomic mass is 10.1. The molecular weight excluding hydrogens is 302 g/mol. The standard InChI is InChI=1S/C17H21N7/c1-2-14-9-16(24-17(22-14)20-12-21-24)23-8-6-13(11-23)10-19-15-5-3-4-7-18-15/h3-5,7,9,12-13H,2,6,8,10-11H2,1H3,(H,18,19)/t13-/m0/s1. The average Bonchev–Trinajstić information content (AvgIpc) is 3.29. The molecule has 0 radical (unpaired) electrons. The first kappa shape index (κ1) is 14.9. The van der Waals surface area contributed by atoms with Crippen LogP contribution in [0.4, 0.5) is 11.6 Å². The average molecular weight is 323 g/mol. The third-order valence-corrected chi connectivity index (χ3v) is 4.49. The molecule has 124 valence electrons. The van der Waals surface area contributed by atoms with E-state index in [4.69, 9.17) is 0 Å². The van der Waals surface area contributed by atoms with Gasteiger partial charge in [0.15, 0.2) is 0 Å². The number of hydrogen-bond donors (Lipinski definition) is 1. The molecule has 0 unspecified atom stereocenters. The summed E-state index contributed by atoms with van der Waals surface area (Å²) in [5.74, 6) is 3.30. The molecule has 1 saturated heterocycles. The SMILES string of the molecule is CCc1cc(N2CC[C@@H](CNc3ccccn3)C2)n2ncnc2n1. The predicted molar refractivity (Wildman–Crippen MR) is 93.2 cm³/mol. The molecule has 1 atom stereocenters. The Morgan fingerprint density at radius 1 is 1.29 bits per heavy atom. The van der Waals surface area contributed by atoms with E-state index in [9.17, 15) is 0 Å². The van der Waals surface area contributed by atoms with Gasteiger partial charge in [0.2, 0.25) is 0 Å². The summed E-state index contributed by atoms with van der Waals surface area (Å²) in [6, 6.07) is 8.07. The smallest absolute Gasteiger partial charge is 0.254 e.